The maximum Gasteiger partial charge on any atom is 0.257 e. The molecule has 3 unspecified atom stereocenters. The van der Waals surface area contributed by atoms with Gasteiger partial charge in [-0.2, -0.15) is 0 Å². The summed E-state index contributed by atoms with van der Waals surface area (Å²) in [5, 5.41) is 21.7. The van der Waals surface area contributed by atoms with Crippen molar-refractivity contribution in [3.63, 3.8) is 0 Å². The molecule has 0 radical (unpaired) electrons. The number of aryl methyl sites for hydroxylation is 2. The fraction of sp³-hybridized carbons (Fsp3) is 0.455. The van der Waals surface area contributed by atoms with E-state index in [2.05, 4.69) is 15.3 Å². The highest BCUT2D eigenvalue weighted by Gasteiger charge is 2.35. The van der Waals surface area contributed by atoms with E-state index >= 15 is 0 Å². The third-order valence-corrected chi connectivity index (χ3v) is 6.34. The maximum atomic E-state index is 13.9. The molecule has 8 nitrogen and oxygen atoms in total. The molecule has 1 aromatic carbocycles. The predicted molar refractivity (Wildman–Crippen MR) is 117 cm³/mol. The highest BCUT2D eigenvalue weighted by Crippen LogP contribution is 2.29. The summed E-state index contributed by atoms with van der Waals surface area (Å²) >= 11 is 6.16. The third-order valence-electron chi connectivity index (χ3n) is 5.80. The number of carbonyl (C=O) groups excluding carboxylic acids is 1. The van der Waals surface area contributed by atoms with Crippen molar-refractivity contribution in [2.45, 2.75) is 38.3 Å². The van der Waals surface area contributed by atoms with Crippen LogP contribution in [-0.4, -0.2) is 70.0 Å². The second kappa shape index (κ2) is 9.09. The van der Waals surface area contributed by atoms with Crippen LogP contribution in [-0.2, 0) is 0 Å². The molecule has 2 fully saturated rings. The van der Waals surface area contributed by atoms with Crippen LogP contribution in [0.15, 0.2) is 18.2 Å². The summed E-state index contributed by atoms with van der Waals surface area (Å²) in [5.41, 5.74) is 1.81. The highest BCUT2D eigenvalue weighted by molar-refractivity contribution is 6.31. The molecular formula is C22H25ClFN5O3. The molecule has 2 aliphatic rings. The third kappa shape index (κ3) is 4.60. The molecule has 10 heteroatoms. The minimum atomic E-state index is -0.511. The first-order chi connectivity index (χ1) is 15.2. The minimum Gasteiger partial charge on any atom is -0.491 e. The maximum absolute atomic E-state index is 13.9. The van der Waals surface area contributed by atoms with Crippen LogP contribution in [0.25, 0.3) is 0 Å². The van der Waals surface area contributed by atoms with Crippen LogP contribution in [0.4, 0.5) is 4.39 Å². The number of hydrogen-bond acceptors (Lipinski definition) is 7. The summed E-state index contributed by atoms with van der Waals surface area (Å²) < 4.78 is 19.6. The molecule has 2 aromatic rings. The molecule has 3 N–H and O–H groups in total. The number of amides is 1. The van der Waals surface area contributed by atoms with Gasteiger partial charge < -0.3 is 25.5 Å². The fourth-order valence-electron chi connectivity index (χ4n) is 4.07. The van der Waals surface area contributed by atoms with Crippen LogP contribution >= 0.6 is 11.6 Å². The van der Waals surface area contributed by atoms with Gasteiger partial charge in [-0.05, 0) is 32.4 Å². The smallest absolute Gasteiger partial charge is 0.257 e. The number of rotatable bonds is 5. The van der Waals surface area contributed by atoms with Crippen molar-refractivity contribution < 1.29 is 19.0 Å². The lowest BCUT2D eigenvalue weighted by atomic mass is 10.1. The Morgan fingerprint density at radius 3 is 2.75 bits per heavy atom. The molecule has 2 aliphatic heterocycles. The lowest BCUT2D eigenvalue weighted by Crippen LogP contribution is -2.31. The number of nitrogens with zero attached hydrogens (tertiary/aromatic N) is 3. The van der Waals surface area contributed by atoms with Gasteiger partial charge in [0.25, 0.3) is 5.91 Å². The Bertz CT molecular complexity index is 1040. The van der Waals surface area contributed by atoms with Crippen LogP contribution in [0.1, 0.15) is 39.9 Å². The molecule has 170 valence electrons. The largest absolute Gasteiger partial charge is 0.491 e. The van der Waals surface area contributed by atoms with Crippen LogP contribution in [0, 0.1) is 25.1 Å². The monoisotopic (exact) mass is 461 g/mol. The molecule has 3 atom stereocenters. The summed E-state index contributed by atoms with van der Waals surface area (Å²) in [5.74, 6) is -0.686. The molecule has 3 heterocycles. The summed E-state index contributed by atoms with van der Waals surface area (Å²) in [7, 11) is 0. The number of aliphatic hydroxyl groups is 1. The predicted octanol–water partition coefficient (Wildman–Crippen LogP) is 2.25. The number of likely N-dealkylation sites (tertiary alicyclic amines) is 1. The fourth-order valence-corrected chi connectivity index (χ4v) is 4.15. The van der Waals surface area contributed by atoms with E-state index in [1.165, 1.54) is 23.1 Å². The number of carbonyl (C=O) groups is 1. The number of benzene rings is 1. The summed E-state index contributed by atoms with van der Waals surface area (Å²) in [6, 6.07) is 3.72. The van der Waals surface area contributed by atoms with Gasteiger partial charge in [0.05, 0.1) is 40.5 Å². The molecule has 1 aromatic heterocycles. The van der Waals surface area contributed by atoms with Crippen molar-refractivity contribution in [2.75, 3.05) is 26.2 Å². The van der Waals surface area contributed by atoms with Gasteiger partial charge in [-0.1, -0.05) is 11.6 Å². The first-order valence-electron chi connectivity index (χ1n) is 10.4. The van der Waals surface area contributed by atoms with E-state index in [1.54, 1.807) is 13.8 Å². The zero-order valence-electron chi connectivity index (χ0n) is 17.9. The lowest BCUT2D eigenvalue weighted by Gasteiger charge is -2.19. The van der Waals surface area contributed by atoms with Crippen molar-refractivity contribution in [2.24, 2.45) is 0 Å². The van der Waals surface area contributed by atoms with Gasteiger partial charge in [0.15, 0.2) is 0 Å². The van der Waals surface area contributed by atoms with E-state index in [0.29, 0.717) is 40.9 Å². The second-order valence-electron chi connectivity index (χ2n) is 8.28. The first kappa shape index (κ1) is 22.6. The Kier molecular flexibility index (Phi) is 6.41. The van der Waals surface area contributed by atoms with Gasteiger partial charge in [0, 0.05) is 30.9 Å². The van der Waals surface area contributed by atoms with E-state index in [4.69, 9.17) is 21.7 Å². The van der Waals surface area contributed by atoms with Gasteiger partial charge in [-0.25, -0.2) is 14.4 Å². The van der Waals surface area contributed by atoms with Crippen molar-refractivity contribution in [3.8, 4) is 5.75 Å². The number of halogens is 2. The lowest BCUT2D eigenvalue weighted by molar-refractivity contribution is 0.0789. The first-order valence-corrected chi connectivity index (χ1v) is 10.8. The van der Waals surface area contributed by atoms with Crippen molar-refractivity contribution >= 4 is 23.2 Å². The Morgan fingerprint density at radius 1 is 1.38 bits per heavy atom. The number of β-amino-alcohol motifs (C(OH)–C–C–N with tert-alkyl or cyclic N) is 1. The van der Waals surface area contributed by atoms with E-state index in [-0.39, 0.29) is 43.0 Å². The van der Waals surface area contributed by atoms with Crippen LogP contribution in [0.2, 0.25) is 5.02 Å². The number of aromatic nitrogens is 2. The molecule has 0 aliphatic carbocycles. The number of ether oxygens (including phenoxy) is 1. The van der Waals surface area contributed by atoms with Crippen LogP contribution < -0.4 is 10.1 Å². The van der Waals surface area contributed by atoms with Gasteiger partial charge in [0.2, 0.25) is 0 Å². The molecule has 0 saturated carbocycles. The van der Waals surface area contributed by atoms with Gasteiger partial charge in [-0.15, -0.1) is 0 Å². The highest BCUT2D eigenvalue weighted by atomic mass is 35.5. The zero-order valence-corrected chi connectivity index (χ0v) is 18.6. The van der Waals surface area contributed by atoms with Crippen molar-refractivity contribution in [3.05, 3.63) is 51.8 Å². The molecule has 0 bridgehead atoms. The van der Waals surface area contributed by atoms with E-state index in [0.717, 1.165) is 0 Å². The Hall–Kier alpha value is -2.62. The van der Waals surface area contributed by atoms with E-state index in [9.17, 15) is 14.3 Å². The minimum absolute atomic E-state index is 0.0749. The Labute approximate surface area is 190 Å². The molecule has 2 saturated heterocycles. The van der Waals surface area contributed by atoms with E-state index in [1.807, 2.05) is 0 Å². The Morgan fingerprint density at radius 2 is 2.09 bits per heavy atom. The standard InChI is InChI=1S/C22H25ClFN5O3/c1-11-20(23)12(2)28-21(27-11)17-8-29(9-18(17)25)22(31)16-4-3-13(24)5-19(16)32-10-14-6-15(30)7-26-14/h3-5,14-15,17,25-26,30H,6-10H2,1-2H3. The zero-order chi connectivity index (χ0) is 23.0. The van der Waals surface area contributed by atoms with E-state index < -0.39 is 17.8 Å². The summed E-state index contributed by atoms with van der Waals surface area (Å²) in [4.78, 5) is 23.6. The SMILES string of the molecule is Cc1nc(C2CN(C(=O)c3ccc(F)cc3OCC3CC(O)CN3)CC2=N)nc(C)c1Cl. The van der Waals surface area contributed by atoms with Gasteiger partial charge in [-0.3, -0.25) is 4.79 Å². The quantitative estimate of drug-likeness (QED) is 0.629. The number of aliphatic hydroxyl groups excluding tert-OH is 1. The van der Waals surface area contributed by atoms with Crippen LogP contribution in [0.3, 0.4) is 0 Å². The van der Waals surface area contributed by atoms with Gasteiger partial charge >= 0.3 is 0 Å². The molecular weight excluding hydrogens is 437 g/mol. The topological polar surface area (TPSA) is 111 Å². The van der Waals surface area contributed by atoms with Crippen molar-refractivity contribution in [1.82, 2.24) is 20.2 Å². The molecule has 32 heavy (non-hydrogen) atoms. The van der Waals surface area contributed by atoms with Crippen molar-refractivity contribution in [1.29, 1.82) is 5.41 Å². The number of nitrogens with one attached hydrogen (secondary N) is 2. The Balaban J connectivity index is 1.51. The summed E-state index contributed by atoms with van der Waals surface area (Å²) in [6.07, 6.45) is 0.0934. The average molecular weight is 462 g/mol. The molecule has 4 rings (SSSR count). The van der Waals surface area contributed by atoms with Gasteiger partial charge in [0.1, 0.15) is 24.0 Å². The second-order valence-corrected chi connectivity index (χ2v) is 8.65. The number of hydrogen-bond donors (Lipinski definition) is 3. The normalized spacial score (nSPS) is 23.1. The summed E-state index contributed by atoms with van der Waals surface area (Å²) in [6.45, 7) is 4.61. The van der Waals surface area contributed by atoms with Crippen LogP contribution in [0.5, 0.6) is 5.75 Å². The molecule has 0 spiro atoms. The average Bonchev–Trinajstić information content (AvgIpc) is 3.35. The molecule has 1 amide bonds.